The molecule has 0 bridgehead atoms. The molecule has 0 radical (unpaired) electrons. The summed E-state index contributed by atoms with van der Waals surface area (Å²) in [5, 5.41) is 0. The van der Waals surface area contributed by atoms with Gasteiger partial charge in [-0.05, 0) is 40.9 Å². The summed E-state index contributed by atoms with van der Waals surface area (Å²) in [4.78, 5) is 0. The highest BCUT2D eigenvalue weighted by molar-refractivity contribution is 9.10. The highest BCUT2D eigenvalue weighted by Gasteiger charge is 2.21. The second-order valence-corrected chi connectivity index (χ2v) is 4.21. The molecule has 1 aromatic carbocycles. The van der Waals surface area contributed by atoms with Crippen molar-refractivity contribution in [3.8, 4) is 0 Å². The molecule has 15 heavy (non-hydrogen) atoms. The van der Waals surface area contributed by atoms with Crippen LogP contribution < -0.4 is 5.73 Å². The molecule has 5 heteroatoms. The second kappa shape index (κ2) is 4.99. The third-order valence-electron chi connectivity index (χ3n) is 2.24. The predicted molar refractivity (Wildman–Crippen MR) is 56.1 cm³/mol. The van der Waals surface area contributed by atoms with Crippen LogP contribution in [0.3, 0.4) is 0 Å². The molecule has 0 fully saturated rings. The molecule has 0 amide bonds. The van der Waals surface area contributed by atoms with Crippen molar-refractivity contribution in [3.05, 3.63) is 33.6 Å². The lowest BCUT2D eigenvalue weighted by molar-refractivity contribution is 0.461. The van der Waals surface area contributed by atoms with Gasteiger partial charge in [0.15, 0.2) is 11.6 Å². The van der Waals surface area contributed by atoms with Gasteiger partial charge in [-0.3, -0.25) is 0 Å². The Kier molecular flexibility index (Phi) is 4.16. The van der Waals surface area contributed by atoms with Crippen LogP contribution in [-0.4, -0.2) is 6.54 Å². The van der Waals surface area contributed by atoms with Gasteiger partial charge in [0, 0.05) is 5.56 Å². The summed E-state index contributed by atoms with van der Waals surface area (Å²) in [7, 11) is 0. The summed E-state index contributed by atoms with van der Waals surface area (Å²) in [5.74, 6) is -3.38. The Morgan fingerprint density at radius 3 is 2.47 bits per heavy atom. The summed E-state index contributed by atoms with van der Waals surface area (Å²) in [5.41, 5.74) is 5.05. The third kappa shape index (κ3) is 2.52. The van der Waals surface area contributed by atoms with E-state index < -0.39 is 23.4 Å². The SMILES string of the molecule is CC(CCN)c1c(F)c(F)cc(Br)c1F. The summed E-state index contributed by atoms with van der Waals surface area (Å²) in [6.07, 6.45) is 0.406. The lowest BCUT2D eigenvalue weighted by Gasteiger charge is -2.14. The van der Waals surface area contributed by atoms with Gasteiger partial charge in [-0.25, -0.2) is 13.2 Å². The second-order valence-electron chi connectivity index (χ2n) is 3.36. The maximum absolute atomic E-state index is 13.5. The van der Waals surface area contributed by atoms with Crippen molar-refractivity contribution in [2.75, 3.05) is 6.54 Å². The van der Waals surface area contributed by atoms with E-state index >= 15 is 0 Å². The normalized spacial score (nSPS) is 12.9. The minimum Gasteiger partial charge on any atom is -0.330 e. The largest absolute Gasteiger partial charge is 0.330 e. The molecule has 0 heterocycles. The maximum Gasteiger partial charge on any atom is 0.165 e. The first kappa shape index (κ1) is 12.5. The minimum absolute atomic E-state index is 0.0692. The van der Waals surface area contributed by atoms with Crippen LogP contribution in [0, 0.1) is 17.5 Å². The Bertz CT molecular complexity index is 342. The van der Waals surface area contributed by atoms with Gasteiger partial charge < -0.3 is 5.73 Å². The van der Waals surface area contributed by atoms with E-state index in [-0.39, 0.29) is 10.0 Å². The van der Waals surface area contributed by atoms with E-state index in [0.29, 0.717) is 13.0 Å². The van der Waals surface area contributed by atoms with Crippen molar-refractivity contribution in [3.63, 3.8) is 0 Å². The van der Waals surface area contributed by atoms with Crippen LogP contribution in [0.15, 0.2) is 10.5 Å². The molecule has 84 valence electrons. The molecule has 0 aliphatic carbocycles. The van der Waals surface area contributed by atoms with Crippen molar-refractivity contribution >= 4 is 15.9 Å². The van der Waals surface area contributed by atoms with Gasteiger partial charge in [0.1, 0.15) is 5.82 Å². The molecule has 1 rings (SSSR count). The summed E-state index contributed by atoms with van der Waals surface area (Å²) in [6, 6.07) is 0.781. The Labute approximate surface area is 94.6 Å². The topological polar surface area (TPSA) is 26.0 Å². The molecule has 0 aliphatic heterocycles. The molecular formula is C10H11BrF3N. The molecule has 2 N–H and O–H groups in total. The van der Waals surface area contributed by atoms with Crippen LogP contribution in [0.4, 0.5) is 13.2 Å². The number of nitrogens with two attached hydrogens (primary N) is 1. The van der Waals surface area contributed by atoms with E-state index in [1.807, 2.05) is 0 Å². The zero-order valence-electron chi connectivity index (χ0n) is 8.16. The van der Waals surface area contributed by atoms with E-state index in [2.05, 4.69) is 15.9 Å². The average molecular weight is 282 g/mol. The number of rotatable bonds is 3. The molecule has 0 saturated carbocycles. The van der Waals surface area contributed by atoms with Gasteiger partial charge in [0.25, 0.3) is 0 Å². The average Bonchev–Trinajstić information content (AvgIpc) is 2.16. The molecule has 0 aromatic heterocycles. The van der Waals surface area contributed by atoms with Crippen molar-refractivity contribution in [2.24, 2.45) is 5.73 Å². The number of benzene rings is 1. The van der Waals surface area contributed by atoms with E-state index in [1.165, 1.54) is 0 Å². The number of hydrogen-bond donors (Lipinski definition) is 1. The highest BCUT2D eigenvalue weighted by Crippen LogP contribution is 2.31. The molecule has 1 atom stereocenters. The predicted octanol–water partition coefficient (Wildman–Crippen LogP) is 3.32. The van der Waals surface area contributed by atoms with Gasteiger partial charge in [0.2, 0.25) is 0 Å². The van der Waals surface area contributed by atoms with E-state index in [4.69, 9.17) is 5.73 Å². The maximum atomic E-state index is 13.5. The Hall–Kier alpha value is -0.550. The molecule has 1 nitrogen and oxygen atoms in total. The van der Waals surface area contributed by atoms with E-state index in [1.54, 1.807) is 6.92 Å². The molecule has 0 aliphatic rings. The smallest absolute Gasteiger partial charge is 0.165 e. The number of hydrogen-bond acceptors (Lipinski definition) is 1. The standard InChI is InChI=1S/C10H11BrF3N/c1-5(2-3-15)8-9(13)6(11)4-7(12)10(8)14/h4-5H,2-3,15H2,1H3. The van der Waals surface area contributed by atoms with Gasteiger partial charge in [-0.2, -0.15) is 0 Å². The van der Waals surface area contributed by atoms with E-state index in [9.17, 15) is 13.2 Å². The van der Waals surface area contributed by atoms with E-state index in [0.717, 1.165) is 6.07 Å². The van der Waals surface area contributed by atoms with Crippen molar-refractivity contribution in [2.45, 2.75) is 19.3 Å². The van der Waals surface area contributed by atoms with Crippen LogP contribution >= 0.6 is 15.9 Å². The molecule has 0 spiro atoms. The van der Waals surface area contributed by atoms with Crippen LogP contribution in [0.2, 0.25) is 0 Å². The zero-order chi connectivity index (χ0) is 11.6. The summed E-state index contributed by atoms with van der Waals surface area (Å²) < 4.78 is 39.8. The van der Waals surface area contributed by atoms with Crippen LogP contribution in [0.25, 0.3) is 0 Å². The fourth-order valence-corrected chi connectivity index (χ4v) is 1.83. The first-order valence-electron chi connectivity index (χ1n) is 4.52. The molecule has 1 aromatic rings. The van der Waals surface area contributed by atoms with Gasteiger partial charge in [-0.15, -0.1) is 0 Å². The fourth-order valence-electron chi connectivity index (χ4n) is 1.42. The minimum atomic E-state index is -1.13. The summed E-state index contributed by atoms with van der Waals surface area (Å²) >= 11 is 2.84. The molecule has 0 saturated heterocycles. The zero-order valence-corrected chi connectivity index (χ0v) is 9.74. The Balaban J connectivity index is 3.26. The third-order valence-corrected chi connectivity index (χ3v) is 2.82. The number of halogens is 4. The van der Waals surface area contributed by atoms with Crippen molar-refractivity contribution in [1.29, 1.82) is 0 Å². The van der Waals surface area contributed by atoms with Gasteiger partial charge in [-0.1, -0.05) is 6.92 Å². The monoisotopic (exact) mass is 281 g/mol. The van der Waals surface area contributed by atoms with Crippen molar-refractivity contribution < 1.29 is 13.2 Å². The van der Waals surface area contributed by atoms with Crippen LogP contribution in [-0.2, 0) is 0 Å². The van der Waals surface area contributed by atoms with Crippen LogP contribution in [0.1, 0.15) is 24.8 Å². The Morgan fingerprint density at radius 1 is 1.33 bits per heavy atom. The van der Waals surface area contributed by atoms with Gasteiger partial charge >= 0.3 is 0 Å². The van der Waals surface area contributed by atoms with Crippen LogP contribution in [0.5, 0.6) is 0 Å². The lowest BCUT2D eigenvalue weighted by atomic mass is 9.96. The van der Waals surface area contributed by atoms with Crippen molar-refractivity contribution in [1.82, 2.24) is 0 Å². The fraction of sp³-hybridized carbons (Fsp3) is 0.400. The first-order valence-corrected chi connectivity index (χ1v) is 5.31. The highest BCUT2D eigenvalue weighted by atomic mass is 79.9. The molecular weight excluding hydrogens is 271 g/mol. The quantitative estimate of drug-likeness (QED) is 0.846. The Morgan fingerprint density at radius 2 is 1.93 bits per heavy atom. The lowest BCUT2D eigenvalue weighted by Crippen LogP contribution is -2.09. The molecule has 1 unspecified atom stereocenters. The van der Waals surface area contributed by atoms with Gasteiger partial charge in [0.05, 0.1) is 4.47 Å². The summed E-state index contributed by atoms with van der Waals surface area (Å²) in [6.45, 7) is 1.91. The first-order chi connectivity index (χ1) is 6.99.